The molecule has 94 valence electrons. The van der Waals surface area contributed by atoms with Gasteiger partial charge in [0.05, 0.1) is 5.56 Å². The van der Waals surface area contributed by atoms with E-state index in [1.54, 1.807) is 25.1 Å². The van der Waals surface area contributed by atoms with Crippen LogP contribution in [0.5, 0.6) is 0 Å². The first-order valence-corrected chi connectivity index (χ1v) is 5.27. The lowest BCUT2D eigenvalue weighted by Gasteiger charge is -2.14. The standard InChI is InChI=1S/C13H11F3N2/c1-8-6-9(17)2-3-10(8)11-7-18-5-4-12(11)13(14,15)16/h2-7H,17H2,1H3. The lowest BCUT2D eigenvalue weighted by Crippen LogP contribution is -2.07. The Morgan fingerprint density at radius 2 is 1.83 bits per heavy atom. The Hall–Kier alpha value is -2.04. The second kappa shape index (κ2) is 4.33. The number of nitrogens with zero attached hydrogens (tertiary/aromatic N) is 1. The van der Waals surface area contributed by atoms with E-state index in [-0.39, 0.29) is 5.56 Å². The summed E-state index contributed by atoms with van der Waals surface area (Å²) in [5, 5.41) is 0. The van der Waals surface area contributed by atoms with Gasteiger partial charge in [-0.05, 0) is 36.2 Å². The smallest absolute Gasteiger partial charge is 0.399 e. The normalized spacial score (nSPS) is 11.6. The molecule has 1 heterocycles. The fourth-order valence-corrected chi connectivity index (χ4v) is 1.85. The van der Waals surface area contributed by atoms with Gasteiger partial charge in [0, 0.05) is 23.6 Å². The lowest BCUT2D eigenvalue weighted by atomic mass is 9.97. The molecule has 0 saturated carbocycles. The molecule has 5 heteroatoms. The molecule has 1 aromatic carbocycles. The Bertz CT molecular complexity index is 577. The second-order valence-corrected chi connectivity index (χ2v) is 3.99. The number of pyridine rings is 1. The van der Waals surface area contributed by atoms with Crippen LogP contribution in [0.3, 0.4) is 0 Å². The van der Waals surface area contributed by atoms with Crippen LogP contribution in [0.25, 0.3) is 11.1 Å². The highest BCUT2D eigenvalue weighted by molar-refractivity contribution is 5.72. The molecule has 2 N–H and O–H groups in total. The Morgan fingerprint density at radius 3 is 2.44 bits per heavy atom. The third-order valence-electron chi connectivity index (χ3n) is 2.67. The van der Waals surface area contributed by atoms with Gasteiger partial charge in [0.2, 0.25) is 0 Å². The average Bonchev–Trinajstić information content (AvgIpc) is 2.28. The van der Waals surface area contributed by atoms with Crippen molar-refractivity contribution in [2.75, 3.05) is 5.73 Å². The van der Waals surface area contributed by atoms with Crippen molar-refractivity contribution < 1.29 is 13.2 Å². The van der Waals surface area contributed by atoms with E-state index >= 15 is 0 Å². The van der Waals surface area contributed by atoms with Gasteiger partial charge < -0.3 is 5.73 Å². The van der Waals surface area contributed by atoms with Crippen molar-refractivity contribution in [1.82, 2.24) is 4.98 Å². The van der Waals surface area contributed by atoms with E-state index in [9.17, 15) is 13.2 Å². The van der Waals surface area contributed by atoms with E-state index in [4.69, 9.17) is 5.73 Å². The molecular formula is C13H11F3N2. The van der Waals surface area contributed by atoms with Gasteiger partial charge in [0.25, 0.3) is 0 Å². The van der Waals surface area contributed by atoms with Gasteiger partial charge in [-0.2, -0.15) is 13.2 Å². The Morgan fingerprint density at radius 1 is 1.11 bits per heavy atom. The molecule has 0 saturated heterocycles. The monoisotopic (exact) mass is 252 g/mol. The highest BCUT2D eigenvalue weighted by Gasteiger charge is 2.33. The third kappa shape index (κ3) is 2.30. The molecule has 0 amide bonds. The molecule has 0 bridgehead atoms. The molecule has 18 heavy (non-hydrogen) atoms. The number of benzene rings is 1. The SMILES string of the molecule is Cc1cc(N)ccc1-c1cnccc1C(F)(F)F. The highest BCUT2D eigenvalue weighted by atomic mass is 19.4. The van der Waals surface area contributed by atoms with Crippen LogP contribution in [0.15, 0.2) is 36.7 Å². The zero-order valence-corrected chi connectivity index (χ0v) is 9.62. The molecule has 2 nitrogen and oxygen atoms in total. The Labute approximate surface area is 102 Å². The van der Waals surface area contributed by atoms with E-state index in [2.05, 4.69) is 4.98 Å². The molecule has 2 aromatic rings. The minimum atomic E-state index is -4.40. The maximum atomic E-state index is 12.9. The molecule has 0 atom stereocenters. The number of anilines is 1. The number of alkyl halides is 3. The van der Waals surface area contributed by atoms with Crippen molar-refractivity contribution in [1.29, 1.82) is 0 Å². The van der Waals surface area contributed by atoms with E-state index in [1.807, 2.05) is 0 Å². The Balaban J connectivity index is 2.64. The maximum absolute atomic E-state index is 12.9. The number of halogens is 3. The lowest BCUT2D eigenvalue weighted by molar-refractivity contribution is -0.137. The van der Waals surface area contributed by atoms with E-state index < -0.39 is 11.7 Å². The van der Waals surface area contributed by atoms with Crippen LogP contribution in [0, 0.1) is 6.92 Å². The molecule has 0 aliphatic carbocycles. The van der Waals surface area contributed by atoms with Crippen molar-refractivity contribution in [2.45, 2.75) is 13.1 Å². The molecule has 2 rings (SSSR count). The topological polar surface area (TPSA) is 38.9 Å². The number of aryl methyl sites for hydroxylation is 1. The largest absolute Gasteiger partial charge is 0.417 e. The summed E-state index contributed by atoms with van der Waals surface area (Å²) in [6, 6.07) is 5.78. The number of nitrogens with two attached hydrogens (primary N) is 1. The van der Waals surface area contributed by atoms with Crippen molar-refractivity contribution in [3.63, 3.8) is 0 Å². The molecule has 0 aliphatic rings. The van der Waals surface area contributed by atoms with Crippen LogP contribution in [-0.2, 0) is 6.18 Å². The highest BCUT2D eigenvalue weighted by Crippen LogP contribution is 2.37. The molecule has 0 spiro atoms. The van der Waals surface area contributed by atoms with Crippen LogP contribution >= 0.6 is 0 Å². The van der Waals surface area contributed by atoms with E-state index in [0.29, 0.717) is 16.8 Å². The zero-order chi connectivity index (χ0) is 13.3. The minimum Gasteiger partial charge on any atom is -0.399 e. The van der Waals surface area contributed by atoms with Gasteiger partial charge in [-0.15, -0.1) is 0 Å². The van der Waals surface area contributed by atoms with Crippen molar-refractivity contribution >= 4 is 5.69 Å². The quantitative estimate of drug-likeness (QED) is 0.786. The van der Waals surface area contributed by atoms with Gasteiger partial charge in [0.15, 0.2) is 0 Å². The van der Waals surface area contributed by atoms with Gasteiger partial charge in [-0.25, -0.2) is 0 Å². The van der Waals surface area contributed by atoms with Crippen LogP contribution in [0.2, 0.25) is 0 Å². The van der Waals surface area contributed by atoms with Crippen LogP contribution in [0.4, 0.5) is 18.9 Å². The minimum absolute atomic E-state index is 0.0718. The summed E-state index contributed by atoms with van der Waals surface area (Å²) >= 11 is 0. The van der Waals surface area contributed by atoms with Crippen molar-refractivity contribution in [3.05, 3.63) is 47.8 Å². The van der Waals surface area contributed by atoms with Crippen LogP contribution in [-0.4, -0.2) is 4.98 Å². The number of hydrogen-bond acceptors (Lipinski definition) is 2. The van der Waals surface area contributed by atoms with Gasteiger partial charge in [-0.3, -0.25) is 4.98 Å². The molecule has 0 fully saturated rings. The van der Waals surface area contributed by atoms with Gasteiger partial charge in [0.1, 0.15) is 0 Å². The number of rotatable bonds is 1. The van der Waals surface area contributed by atoms with Crippen LogP contribution in [0.1, 0.15) is 11.1 Å². The number of aromatic nitrogens is 1. The molecule has 0 aliphatic heterocycles. The number of nitrogen functional groups attached to an aromatic ring is 1. The summed E-state index contributed by atoms with van der Waals surface area (Å²) in [5.74, 6) is 0. The Kier molecular flexibility index (Phi) is 2.98. The average molecular weight is 252 g/mol. The van der Waals surface area contributed by atoms with E-state index in [1.165, 1.54) is 6.20 Å². The van der Waals surface area contributed by atoms with Crippen molar-refractivity contribution in [2.24, 2.45) is 0 Å². The molecular weight excluding hydrogens is 241 g/mol. The first kappa shape index (κ1) is 12.4. The predicted molar refractivity (Wildman–Crippen MR) is 63.8 cm³/mol. The second-order valence-electron chi connectivity index (χ2n) is 3.99. The molecule has 1 aromatic heterocycles. The van der Waals surface area contributed by atoms with E-state index in [0.717, 1.165) is 12.3 Å². The fraction of sp³-hybridized carbons (Fsp3) is 0.154. The third-order valence-corrected chi connectivity index (χ3v) is 2.67. The summed E-state index contributed by atoms with van der Waals surface area (Å²) in [6.07, 6.45) is -2.04. The molecule has 0 radical (unpaired) electrons. The van der Waals surface area contributed by atoms with Crippen molar-refractivity contribution in [3.8, 4) is 11.1 Å². The summed E-state index contributed by atoms with van der Waals surface area (Å²) in [5.41, 5.74) is 6.67. The zero-order valence-electron chi connectivity index (χ0n) is 9.62. The van der Waals surface area contributed by atoms with Crippen LogP contribution < -0.4 is 5.73 Å². The summed E-state index contributed by atoms with van der Waals surface area (Å²) in [6.45, 7) is 1.72. The molecule has 0 unspecified atom stereocenters. The number of hydrogen-bond donors (Lipinski definition) is 1. The predicted octanol–water partition coefficient (Wildman–Crippen LogP) is 3.66. The first-order chi connectivity index (χ1) is 8.39. The first-order valence-electron chi connectivity index (χ1n) is 5.27. The van der Waals surface area contributed by atoms with Gasteiger partial charge in [-0.1, -0.05) is 6.07 Å². The van der Waals surface area contributed by atoms with Gasteiger partial charge >= 0.3 is 6.18 Å². The summed E-state index contributed by atoms with van der Waals surface area (Å²) in [4.78, 5) is 3.77. The summed E-state index contributed by atoms with van der Waals surface area (Å²) < 4.78 is 38.7. The fourth-order valence-electron chi connectivity index (χ4n) is 1.85. The maximum Gasteiger partial charge on any atom is 0.417 e. The summed E-state index contributed by atoms with van der Waals surface area (Å²) in [7, 11) is 0.